The third-order valence-corrected chi connectivity index (χ3v) is 3.49. The topological polar surface area (TPSA) is 0 Å². The minimum absolute atomic E-state index is 0.996. The second-order valence-electron chi connectivity index (χ2n) is 5.28. The van der Waals surface area contributed by atoms with Gasteiger partial charge in [0.1, 0.15) is 0 Å². The molecule has 0 radical (unpaired) electrons. The van der Waals surface area contributed by atoms with Gasteiger partial charge in [0, 0.05) is 0 Å². The standard InChI is InChI=1S/C13H26/c1-4-5-6-7-13-9-11(2)8-12(3)10-13/h11-13H,4-10H2,1-3H3. The Bertz CT molecular complexity index is 118. The molecule has 1 fully saturated rings. The van der Waals surface area contributed by atoms with Crippen LogP contribution in [0.1, 0.15) is 65.7 Å². The van der Waals surface area contributed by atoms with Crippen molar-refractivity contribution >= 4 is 0 Å². The predicted octanol–water partition coefficient (Wildman–Crippen LogP) is 4.64. The molecule has 0 saturated heterocycles. The molecule has 2 atom stereocenters. The van der Waals surface area contributed by atoms with Crippen LogP contribution in [0.25, 0.3) is 0 Å². The van der Waals surface area contributed by atoms with Crippen LogP contribution in [0.3, 0.4) is 0 Å². The van der Waals surface area contributed by atoms with E-state index in [1.54, 1.807) is 0 Å². The lowest BCUT2D eigenvalue weighted by Crippen LogP contribution is -2.19. The molecule has 1 aliphatic carbocycles. The lowest BCUT2D eigenvalue weighted by molar-refractivity contribution is 0.206. The summed E-state index contributed by atoms with van der Waals surface area (Å²) >= 11 is 0. The largest absolute Gasteiger partial charge is 0.0654 e. The zero-order chi connectivity index (χ0) is 9.68. The van der Waals surface area contributed by atoms with Gasteiger partial charge in [0.05, 0.1) is 0 Å². The first kappa shape index (κ1) is 11.1. The molecule has 0 spiro atoms. The first-order valence-corrected chi connectivity index (χ1v) is 6.22. The van der Waals surface area contributed by atoms with Gasteiger partial charge < -0.3 is 0 Å². The monoisotopic (exact) mass is 182 g/mol. The van der Waals surface area contributed by atoms with Gasteiger partial charge in [-0.3, -0.25) is 0 Å². The second kappa shape index (κ2) is 5.67. The molecule has 0 heteroatoms. The molecule has 1 aliphatic rings. The predicted molar refractivity (Wildman–Crippen MR) is 59.8 cm³/mol. The molecule has 0 aromatic rings. The Morgan fingerprint density at radius 3 is 2.08 bits per heavy atom. The summed E-state index contributed by atoms with van der Waals surface area (Å²) in [5.41, 5.74) is 0. The van der Waals surface area contributed by atoms with E-state index in [9.17, 15) is 0 Å². The van der Waals surface area contributed by atoms with E-state index in [4.69, 9.17) is 0 Å². The van der Waals surface area contributed by atoms with E-state index < -0.39 is 0 Å². The Labute approximate surface area is 84.1 Å². The highest BCUT2D eigenvalue weighted by molar-refractivity contribution is 4.74. The quantitative estimate of drug-likeness (QED) is 0.556. The summed E-state index contributed by atoms with van der Waals surface area (Å²) in [4.78, 5) is 0. The molecule has 13 heavy (non-hydrogen) atoms. The summed E-state index contributed by atoms with van der Waals surface area (Å²) in [5.74, 6) is 3.05. The van der Waals surface area contributed by atoms with E-state index in [-0.39, 0.29) is 0 Å². The number of hydrogen-bond donors (Lipinski definition) is 0. The van der Waals surface area contributed by atoms with Crippen molar-refractivity contribution in [3.8, 4) is 0 Å². The van der Waals surface area contributed by atoms with Gasteiger partial charge in [-0.2, -0.15) is 0 Å². The molecule has 78 valence electrons. The summed E-state index contributed by atoms with van der Waals surface area (Å²) in [7, 11) is 0. The van der Waals surface area contributed by atoms with Gasteiger partial charge >= 0.3 is 0 Å². The molecule has 0 amide bonds. The minimum atomic E-state index is 0.996. The third-order valence-electron chi connectivity index (χ3n) is 3.49. The molecule has 1 rings (SSSR count). The fraction of sp³-hybridized carbons (Fsp3) is 1.00. The molecular formula is C13H26. The smallest absolute Gasteiger partial charge is 0.0409 e. The van der Waals surface area contributed by atoms with Crippen molar-refractivity contribution in [3.05, 3.63) is 0 Å². The van der Waals surface area contributed by atoms with Gasteiger partial charge in [-0.25, -0.2) is 0 Å². The highest BCUT2D eigenvalue weighted by Gasteiger charge is 2.22. The van der Waals surface area contributed by atoms with E-state index in [2.05, 4.69) is 20.8 Å². The highest BCUT2D eigenvalue weighted by atomic mass is 14.3. The van der Waals surface area contributed by atoms with E-state index >= 15 is 0 Å². The lowest BCUT2D eigenvalue weighted by atomic mass is 9.75. The Morgan fingerprint density at radius 2 is 1.54 bits per heavy atom. The molecule has 1 saturated carbocycles. The first-order chi connectivity index (χ1) is 6.22. The fourth-order valence-corrected chi connectivity index (χ4v) is 3.03. The Balaban J connectivity index is 2.17. The molecule has 0 bridgehead atoms. The summed E-state index contributed by atoms with van der Waals surface area (Å²) in [6.45, 7) is 7.16. The zero-order valence-electron chi connectivity index (χ0n) is 9.68. The molecule has 0 aliphatic heterocycles. The van der Waals surface area contributed by atoms with E-state index in [0.717, 1.165) is 17.8 Å². The third kappa shape index (κ3) is 4.15. The van der Waals surface area contributed by atoms with Gasteiger partial charge in [-0.05, 0) is 37.0 Å². The van der Waals surface area contributed by atoms with Gasteiger partial charge in [-0.1, -0.05) is 46.5 Å². The Kier molecular flexibility index (Phi) is 4.83. The SMILES string of the molecule is CCCCCC1CC(C)CC(C)C1. The number of hydrogen-bond acceptors (Lipinski definition) is 0. The van der Waals surface area contributed by atoms with Crippen LogP contribution in [0, 0.1) is 17.8 Å². The number of rotatable bonds is 4. The van der Waals surface area contributed by atoms with Crippen molar-refractivity contribution in [1.82, 2.24) is 0 Å². The molecular weight excluding hydrogens is 156 g/mol. The Morgan fingerprint density at radius 1 is 0.923 bits per heavy atom. The van der Waals surface area contributed by atoms with Crippen LogP contribution in [-0.2, 0) is 0 Å². The average Bonchev–Trinajstić information content (AvgIpc) is 2.03. The van der Waals surface area contributed by atoms with Crippen molar-refractivity contribution in [2.45, 2.75) is 65.7 Å². The summed E-state index contributed by atoms with van der Waals surface area (Å²) in [5, 5.41) is 0. The van der Waals surface area contributed by atoms with Crippen LogP contribution in [0.2, 0.25) is 0 Å². The summed E-state index contributed by atoms with van der Waals surface area (Å²) in [6.07, 6.45) is 10.3. The van der Waals surface area contributed by atoms with Crippen molar-refractivity contribution in [1.29, 1.82) is 0 Å². The minimum Gasteiger partial charge on any atom is -0.0654 e. The highest BCUT2D eigenvalue weighted by Crippen LogP contribution is 2.35. The van der Waals surface area contributed by atoms with Gasteiger partial charge in [-0.15, -0.1) is 0 Å². The van der Waals surface area contributed by atoms with E-state index in [1.807, 2.05) is 0 Å². The maximum Gasteiger partial charge on any atom is -0.0409 e. The maximum atomic E-state index is 2.43. The van der Waals surface area contributed by atoms with Crippen molar-refractivity contribution in [2.24, 2.45) is 17.8 Å². The van der Waals surface area contributed by atoms with Crippen molar-refractivity contribution in [2.75, 3.05) is 0 Å². The maximum absolute atomic E-state index is 2.43. The van der Waals surface area contributed by atoms with Crippen LogP contribution in [-0.4, -0.2) is 0 Å². The zero-order valence-corrected chi connectivity index (χ0v) is 9.68. The van der Waals surface area contributed by atoms with Gasteiger partial charge in [0.15, 0.2) is 0 Å². The van der Waals surface area contributed by atoms with Crippen LogP contribution in [0.15, 0.2) is 0 Å². The Hall–Kier alpha value is 0. The number of unbranched alkanes of at least 4 members (excludes halogenated alkanes) is 2. The molecule has 0 aromatic carbocycles. The van der Waals surface area contributed by atoms with E-state index in [0.29, 0.717) is 0 Å². The first-order valence-electron chi connectivity index (χ1n) is 6.22. The summed E-state index contributed by atoms with van der Waals surface area (Å²) < 4.78 is 0. The van der Waals surface area contributed by atoms with Crippen molar-refractivity contribution < 1.29 is 0 Å². The summed E-state index contributed by atoms with van der Waals surface area (Å²) in [6, 6.07) is 0. The fourth-order valence-electron chi connectivity index (χ4n) is 3.03. The van der Waals surface area contributed by atoms with Gasteiger partial charge in [0.2, 0.25) is 0 Å². The van der Waals surface area contributed by atoms with Crippen LogP contribution >= 0.6 is 0 Å². The van der Waals surface area contributed by atoms with E-state index in [1.165, 1.54) is 44.9 Å². The van der Waals surface area contributed by atoms with Crippen LogP contribution < -0.4 is 0 Å². The lowest BCUT2D eigenvalue weighted by Gasteiger charge is -2.31. The molecule has 2 unspecified atom stereocenters. The average molecular weight is 182 g/mol. The van der Waals surface area contributed by atoms with Crippen LogP contribution in [0.5, 0.6) is 0 Å². The van der Waals surface area contributed by atoms with Crippen LogP contribution in [0.4, 0.5) is 0 Å². The molecule has 0 N–H and O–H groups in total. The molecule has 0 nitrogen and oxygen atoms in total. The molecule has 0 aromatic heterocycles. The van der Waals surface area contributed by atoms with Gasteiger partial charge in [0.25, 0.3) is 0 Å². The second-order valence-corrected chi connectivity index (χ2v) is 5.28. The normalized spacial score (nSPS) is 34.8. The van der Waals surface area contributed by atoms with Crippen molar-refractivity contribution in [3.63, 3.8) is 0 Å². The molecule has 0 heterocycles.